The van der Waals surface area contributed by atoms with E-state index >= 15 is 0 Å². The van der Waals surface area contributed by atoms with Gasteiger partial charge in [-0.05, 0) is 47.9 Å². The molecule has 0 saturated carbocycles. The van der Waals surface area contributed by atoms with Crippen molar-refractivity contribution in [2.75, 3.05) is 43.2 Å². The third-order valence-corrected chi connectivity index (χ3v) is 9.06. The highest BCUT2D eigenvalue weighted by Crippen LogP contribution is 2.47. The summed E-state index contributed by atoms with van der Waals surface area (Å²) in [5, 5.41) is 33.7. The maximum absolute atomic E-state index is 14.1. The largest absolute Gasteiger partial charge is 0.497 e. The van der Waals surface area contributed by atoms with E-state index in [2.05, 4.69) is 15.6 Å². The molecule has 1 saturated heterocycles. The summed E-state index contributed by atoms with van der Waals surface area (Å²) < 4.78 is 7.19. The molecule has 244 valence electrons. The monoisotopic (exact) mass is 636 g/mol. The summed E-state index contributed by atoms with van der Waals surface area (Å²) in [6.45, 7) is 4.23. The smallest absolute Gasteiger partial charge is 0.264 e. The van der Waals surface area contributed by atoms with Crippen molar-refractivity contribution in [1.82, 2.24) is 20.3 Å². The standard InChI is InChI=1S/C36H40N6O5/c1-25(8-6-7-18-40-23-32(38-39-40)30(24-43)27-9-4-3-5-10-27)36(46)31-20-29(47-2)15-16-33(31)42(35(36)45)22-26-11-13-28(14-12-26)41-19-17-37-21-34(41)44/h3-6,8-16,20,23,25,30,37,43,46H,7,17-19,21-22,24H2,1-2H3/b8-6+/t25-,30?,36+/m0/s1. The molecule has 2 amide bonds. The lowest BCUT2D eigenvalue weighted by Gasteiger charge is -2.28. The second kappa shape index (κ2) is 13.9. The highest BCUT2D eigenvalue weighted by Gasteiger charge is 2.52. The molecule has 1 aromatic heterocycles. The second-order valence-electron chi connectivity index (χ2n) is 12.0. The van der Waals surface area contributed by atoms with Crippen molar-refractivity contribution in [2.24, 2.45) is 5.92 Å². The molecule has 6 rings (SSSR count). The van der Waals surface area contributed by atoms with Crippen molar-refractivity contribution in [3.05, 3.63) is 114 Å². The third kappa shape index (κ3) is 6.42. The van der Waals surface area contributed by atoms with Crippen molar-refractivity contribution in [1.29, 1.82) is 0 Å². The van der Waals surface area contributed by atoms with Crippen molar-refractivity contribution in [3.8, 4) is 5.75 Å². The lowest BCUT2D eigenvalue weighted by Crippen LogP contribution is -2.48. The molecule has 3 atom stereocenters. The zero-order valence-electron chi connectivity index (χ0n) is 26.6. The fraction of sp³-hybridized carbons (Fsp3) is 0.333. The van der Waals surface area contributed by atoms with Gasteiger partial charge in [-0.15, -0.1) is 5.10 Å². The first kappa shape index (κ1) is 32.1. The van der Waals surface area contributed by atoms with E-state index in [4.69, 9.17) is 4.74 Å². The van der Waals surface area contributed by atoms with Gasteiger partial charge in [-0.1, -0.05) is 66.8 Å². The van der Waals surface area contributed by atoms with Gasteiger partial charge in [0.2, 0.25) is 5.91 Å². The number of amides is 2. The molecule has 11 nitrogen and oxygen atoms in total. The van der Waals surface area contributed by atoms with Gasteiger partial charge < -0.3 is 30.1 Å². The highest BCUT2D eigenvalue weighted by molar-refractivity contribution is 6.07. The van der Waals surface area contributed by atoms with Gasteiger partial charge >= 0.3 is 0 Å². The minimum absolute atomic E-state index is 0.0261. The summed E-state index contributed by atoms with van der Waals surface area (Å²) in [7, 11) is 1.56. The fourth-order valence-corrected chi connectivity index (χ4v) is 6.34. The zero-order valence-corrected chi connectivity index (χ0v) is 26.6. The number of fused-ring (bicyclic) bond motifs is 1. The number of aromatic nitrogens is 3. The Morgan fingerprint density at radius 1 is 1.09 bits per heavy atom. The summed E-state index contributed by atoms with van der Waals surface area (Å²) in [6, 6.07) is 22.7. The minimum atomic E-state index is -1.79. The van der Waals surface area contributed by atoms with E-state index in [9.17, 15) is 19.8 Å². The average molecular weight is 637 g/mol. The summed E-state index contributed by atoms with van der Waals surface area (Å²) >= 11 is 0. The molecule has 47 heavy (non-hydrogen) atoms. The molecule has 0 spiro atoms. The number of allylic oxidation sites excluding steroid dienone is 1. The summed E-state index contributed by atoms with van der Waals surface area (Å²) in [4.78, 5) is 29.8. The number of carbonyl (C=O) groups is 2. The minimum Gasteiger partial charge on any atom is -0.497 e. The number of nitrogens with one attached hydrogen (secondary N) is 1. The van der Waals surface area contributed by atoms with Gasteiger partial charge in [-0.25, -0.2) is 0 Å². The Kier molecular flexibility index (Phi) is 9.48. The average Bonchev–Trinajstić information content (AvgIpc) is 3.65. The number of hydrogen-bond acceptors (Lipinski definition) is 8. The van der Waals surface area contributed by atoms with E-state index < -0.39 is 17.4 Å². The van der Waals surface area contributed by atoms with Gasteiger partial charge in [0.15, 0.2) is 5.60 Å². The van der Waals surface area contributed by atoms with E-state index in [1.54, 1.807) is 33.7 Å². The molecule has 4 aromatic rings. The predicted octanol–water partition coefficient (Wildman–Crippen LogP) is 3.36. The molecule has 11 heteroatoms. The molecule has 1 fully saturated rings. The maximum atomic E-state index is 14.1. The van der Waals surface area contributed by atoms with Crippen LogP contribution in [0, 0.1) is 5.92 Å². The van der Waals surface area contributed by atoms with Crippen LogP contribution in [0.2, 0.25) is 0 Å². The van der Waals surface area contributed by atoms with E-state index in [1.165, 1.54) is 0 Å². The van der Waals surface area contributed by atoms with Crippen LogP contribution in [0.25, 0.3) is 0 Å². The molecular weight excluding hydrogens is 596 g/mol. The molecule has 3 heterocycles. The lowest BCUT2D eigenvalue weighted by atomic mass is 9.83. The Hall–Kier alpha value is -4.84. The van der Waals surface area contributed by atoms with Crippen LogP contribution in [0.5, 0.6) is 5.75 Å². The molecule has 3 aromatic carbocycles. The van der Waals surface area contributed by atoms with Gasteiger partial charge in [0.25, 0.3) is 5.91 Å². The zero-order chi connectivity index (χ0) is 33.0. The lowest BCUT2D eigenvalue weighted by molar-refractivity contribution is -0.139. The Morgan fingerprint density at radius 3 is 2.60 bits per heavy atom. The number of anilines is 2. The highest BCUT2D eigenvalue weighted by atomic mass is 16.5. The van der Waals surface area contributed by atoms with E-state index in [0.717, 1.165) is 23.4 Å². The number of benzene rings is 3. The quantitative estimate of drug-likeness (QED) is 0.202. The van der Waals surface area contributed by atoms with Crippen molar-refractivity contribution in [2.45, 2.75) is 38.0 Å². The van der Waals surface area contributed by atoms with Crippen molar-refractivity contribution >= 4 is 23.2 Å². The number of nitrogens with zero attached hydrogens (tertiary/aromatic N) is 5. The van der Waals surface area contributed by atoms with Gasteiger partial charge in [0.1, 0.15) is 5.75 Å². The molecule has 0 radical (unpaired) electrons. The van der Waals surface area contributed by atoms with Crippen LogP contribution in [0.4, 0.5) is 11.4 Å². The molecular formula is C36H40N6O5. The Balaban J connectivity index is 1.15. The van der Waals surface area contributed by atoms with Gasteiger partial charge in [0.05, 0.1) is 44.1 Å². The summed E-state index contributed by atoms with van der Waals surface area (Å²) in [5.41, 5.74) is 2.70. The van der Waals surface area contributed by atoms with Crippen molar-refractivity contribution in [3.63, 3.8) is 0 Å². The van der Waals surface area contributed by atoms with Gasteiger partial charge in [0, 0.05) is 43.0 Å². The first-order chi connectivity index (χ1) is 22.8. The normalized spacial score (nSPS) is 19.3. The number of methoxy groups -OCH3 is 1. The molecule has 0 aliphatic carbocycles. The maximum Gasteiger partial charge on any atom is 0.264 e. The van der Waals surface area contributed by atoms with Crippen LogP contribution in [0.15, 0.2) is 91.1 Å². The Bertz CT molecular complexity index is 1740. The Morgan fingerprint density at radius 2 is 1.87 bits per heavy atom. The van der Waals surface area contributed by atoms with Gasteiger partial charge in [-0.2, -0.15) is 0 Å². The van der Waals surface area contributed by atoms with E-state index in [-0.39, 0.29) is 25.0 Å². The van der Waals surface area contributed by atoms with Crippen molar-refractivity contribution < 1.29 is 24.5 Å². The van der Waals surface area contributed by atoms with Crippen LogP contribution in [-0.4, -0.2) is 70.4 Å². The molecule has 3 N–H and O–H groups in total. The molecule has 1 unspecified atom stereocenters. The summed E-state index contributed by atoms with van der Waals surface area (Å²) in [6.07, 6.45) is 6.25. The number of aryl methyl sites for hydroxylation is 1. The number of ether oxygens (including phenoxy) is 1. The van der Waals surface area contributed by atoms with Crippen LogP contribution >= 0.6 is 0 Å². The predicted molar refractivity (Wildman–Crippen MR) is 178 cm³/mol. The fourth-order valence-electron chi connectivity index (χ4n) is 6.34. The van der Waals surface area contributed by atoms with Crippen LogP contribution in [0.1, 0.15) is 41.6 Å². The van der Waals surface area contributed by atoms with E-state index in [0.29, 0.717) is 48.7 Å². The number of rotatable bonds is 12. The second-order valence-corrected chi connectivity index (χ2v) is 12.0. The van der Waals surface area contributed by atoms with Crippen LogP contribution < -0.4 is 19.9 Å². The molecule has 0 bridgehead atoms. The first-order valence-electron chi connectivity index (χ1n) is 15.9. The first-order valence-corrected chi connectivity index (χ1v) is 15.9. The number of aliphatic hydroxyl groups excluding tert-OH is 1. The number of carbonyl (C=O) groups excluding carboxylic acids is 2. The van der Waals surface area contributed by atoms with E-state index in [1.807, 2.05) is 85.9 Å². The topological polar surface area (TPSA) is 133 Å². The Labute approximate surface area is 274 Å². The number of piperazine rings is 1. The number of hydrogen-bond donors (Lipinski definition) is 3. The molecule has 2 aliphatic rings. The van der Waals surface area contributed by atoms with Gasteiger partial charge in [-0.3, -0.25) is 14.3 Å². The third-order valence-electron chi connectivity index (χ3n) is 9.06. The summed E-state index contributed by atoms with van der Waals surface area (Å²) in [5.74, 6) is -0.626. The van der Waals surface area contributed by atoms with Crippen LogP contribution in [0.3, 0.4) is 0 Å². The number of aliphatic hydroxyl groups is 2. The van der Waals surface area contributed by atoms with Crippen LogP contribution in [-0.2, 0) is 28.3 Å². The molecule has 2 aliphatic heterocycles. The SMILES string of the molecule is COc1ccc2c(c1)[C@](O)([C@@H](C)/C=C/CCn1cc(C(CO)c3ccccc3)nn1)C(=O)N2Cc1ccc(N2CCNCC2=O)cc1.